The second kappa shape index (κ2) is 6.39. The molecule has 1 amide bonds. The number of nitrogens with one attached hydrogen (secondary N) is 2. The molecular formula is C12H14N6O. The third kappa shape index (κ3) is 3.70. The van der Waals surface area contributed by atoms with Crippen molar-refractivity contribution < 1.29 is 4.79 Å². The van der Waals surface area contributed by atoms with Crippen LogP contribution < -0.4 is 10.6 Å². The highest BCUT2D eigenvalue weighted by Crippen LogP contribution is 2.04. The van der Waals surface area contributed by atoms with Crippen LogP contribution in [0.1, 0.15) is 23.8 Å². The van der Waals surface area contributed by atoms with E-state index in [0.29, 0.717) is 11.6 Å². The average molecular weight is 258 g/mol. The molecule has 0 saturated heterocycles. The van der Waals surface area contributed by atoms with Crippen LogP contribution in [0.25, 0.3) is 0 Å². The SMILES string of the molecule is CCCNc1cnc(C(=O)Nc2cnccn2)cn1. The number of rotatable bonds is 5. The maximum absolute atomic E-state index is 11.8. The maximum atomic E-state index is 11.8. The molecule has 0 saturated carbocycles. The number of carbonyl (C=O) groups is 1. The summed E-state index contributed by atoms with van der Waals surface area (Å²) in [6, 6.07) is 0. The molecule has 2 aromatic rings. The number of anilines is 2. The summed E-state index contributed by atoms with van der Waals surface area (Å²) in [4.78, 5) is 27.8. The van der Waals surface area contributed by atoms with E-state index in [-0.39, 0.29) is 11.6 Å². The minimum atomic E-state index is -0.366. The Bertz CT molecular complexity index is 528. The first-order valence-electron chi connectivity index (χ1n) is 5.93. The minimum absolute atomic E-state index is 0.229. The molecule has 0 aliphatic carbocycles. The number of carbonyl (C=O) groups excluding carboxylic acids is 1. The van der Waals surface area contributed by atoms with Crippen molar-refractivity contribution >= 4 is 17.5 Å². The van der Waals surface area contributed by atoms with Crippen LogP contribution in [-0.2, 0) is 0 Å². The summed E-state index contributed by atoms with van der Waals surface area (Å²) >= 11 is 0. The van der Waals surface area contributed by atoms with Crippen molar-refractivity contribution in [2.45, 2.75) is 13.3 Å². The van der Waals surface area contributed by atoms with Crippen LogP contribution in [0, 0.1) is 0 Å². The molecule has 0 radical (unpaired) electrons. The van der Waals surface area contributed by atoms with Crippen LogP contribution in [0.5, 0.6) is 0 Å². The highest BCUT2D eigenvalue weighted by molar-refractivity contribution is 6.02. The molecule has 0 aromatic carbocycles. The lowest BCUT2D eigenvalue weighted by Crippen LogP contribution is -2.15. The van der Waals surface area contributed by atoms with Gasteiger partial charge in [0.15, 0.2) is 5.82 Å². The predicted molar refractivity (Wildman–Crippen MR) is 70.8 cm³/mol. The molecule has 0 fully saturated rings. The van der Waals surface area contributed by atoms with Gasteiger partial charge in [0.25, 0.3) is 5.91 Å². The summed E-state index contributed by atoms with van der Waals surface area (Å²) in [5.74, 6) is 0.662. The Balaban J connectivity index is 1.99. The minimum Gasteiger partial charge on any atom is -0.369 e. The van der Waals surface area contributed by atoms with Gasteiger partial charge in [-0.1, -0.05) is 6.92 Å². The van der Waals surface area contributed by atoms with Crippen LogP contribution in [-0.4, -0.2) is 32.4 Å². The van der Waals surface area contributed by atoms with Gasteiger partial charge in [0, 0.05) is 18.9 Å². The Morgan fingerprint density at radius 1 is 1.11 bits per heavy atom. The number of hydrogen-bond donors (Lipinski definition) is 2. The van der Waals surface area contributed by atoms with Crippen LogP contribution in [0.15, 0.2) is 31.0 Å². The van der Waals surface area contributed by atoms with Crippen molar-refractivity contribution in [1.82, 2.24) is 19.9 Å². The third-order valence-corrected chi connectivity index (χ3v) is 2.25. The molecule has 2 rings (SSSR count). The molecule has 7 nitrogen and oxygen atoms in total. The molecule has 0 atom stereocenters. The van der Waals surface area contributed by atoms with Crippen molar-refractivity contribution in [2.24, 2.45) is 0 Å². The fourth-order valence-corrected chi connectivity index (χ4v) is 1.33. The molecular weight excluding hydrogens is 244 g/mol. The van der Waals surface area contributed by atoms with E-state index in [1.54, 1.807) is 0 Å². The number of aromatic nitrogens is 4. The van der Waals surface area contributed by atoms with Gasteiger partial charge < -0.3 is 10.6 Å². The van der Waals surface area contributed by atoms with E-state index in [4.69, 9.17) is 0 Å². The monoisotopic (exact) mass is 258 g/mol. The van der Waals surface area contributed by atoms with E-state index >= 15 is 0 Å². The Kier molecular flexibility index (Phi) is 4.33. The lowest BCUT2D eigenvalue weighted by atomic mass is 10.4. The molecule has 0 spiro atoms. The van der Waals surface area contributed by atoms with Crippen molar-refractivity contribution in [3.05, 3.63) is 36.7 Å². The molecule has 19 heavy (non-hydrogen) atoms. The van der Waals surface area contributed by atoms with Gasteiger partial charge in [-0.3, -0.25) is 9.78 Å². The highest BCUT2D eigenvalue weighted by Gasteiger charge is 2.08. The van der Waals surface area contributed by atoms with E-state index in [2.05, 4.69) is 37.5 Å². The van der Waals surface area contributed by atoms with Crippen molar-refractivity contribution in [2.75, 3.05) is 17.2 Å². The zero-order valence-corrected chi connectivity index (χ0v) is 10.5. The molecule has 7 heteroatoms. The molecule has 2 N–H and O–H groups in total. The molecule has 0 aliphatic rings. The topological polar surface area (TPSA) is 92.7 Å². The normalized spacial score (nSPS) is 9.95. The summed E-state index contributed by atoms with van der Waals surface area (Å²) in [5, 5.41) is 5.67. The average Bonchev–Trinajstić information content (AvgIpc) is 2.46. The number of hydrogen-bond acceptors (Lipinski definition) is 6. The quantitative estimate of drug-likeness (QED) is 0.840. The lowest BCUT2D eigenvalue weighted by Gasteiger charge is -2.05. The van der Waals surface area contributed by atoms with E-state index < -0.39 is 0 Å². The molecule has 2 heterocycles. The Morgan fingerprint density at radius 2 is 2.00 bits per heavy atom. The van der Waals surface area contributed by atoms with Gasteiger partial charge in [-0.05, 0) is 6.42 Å². The molecule has 0 bridgehead atoms. The zero-order chi connectivity index (χ0) is 13.5. The predicted octanol–water partition coefficient (Wildman–Crippen LogP) is 1.34. The van der Waals surface area contributed by atoms with Crippen LogP contribution in [0.2, 0.25) is 0 Å². The Morgan fingerprint density at radius 3 is 2.63 bits per heavy atom. The van der Waals surface area contributed by atoms with E-state index in [1.807, 2.05) is 0 Å². The maximum Gasteiger partial charge on any atom is 0.277 e. The van der Waals surface area contributed by atoms with Crippen molar-refractivity contribution in [1.29, 1.82) is 0 Å². The van der Waals surface area contributed by atoms with Gasteiger partial charge in [-0.2, -0.15) is 0 Å². The van der Waals surface area contributed by atoms with E-state index in [9.17, 15) is 4.79 Å². The van der Waals surface area contributed by atoms with Crippen LogP contribution in [0.4, 0.5) is 11.6 Å². The van der Waals surface area contributed by atoms with Gasteiger partial charge in [0.2, 0.25) is 0 Å². The van der Waals surface area contributed by atoms with Crippen LogP contribution in [0.3, 0.4) is 0 Å². The number of nitrogens with zero attached hydrogens (tertiary/aromatic N) is 4. The summed E-state index contributed by atoms with van der Waals surface area (Å²) in [6.07, 6.45) is 8.44. The Labute approximate surface area is 110 Å². The summed E-state index contributed by atoms with van der Waals surface area (Å²) in [5.41, 5.74) is 0.229. The van der Waals surface area contributed by atoms with Gasteiger partial charge in [-0.15, -0.1) is 0 Å². The van der Waals surface area contributed by atoms with Gasteiger partial charge in [-0.25, -0.2) is 15.0 Å². The first kappa shape index (κ1) is 12.9. The third-order valence-electron chi connectivity index (χ3n) is 2.25. The van der Waals surface area contributed by atoms with Crippen LogP contribution >= 0.6 is 0 Å². The number of amides is 1. The second-order valence-electron chi connectivity index (χ2n) is 3.76. The first-order chi connectivity index (χ1) is 9.29. The smallest absolute Gasteiger partial charge is 0.277 e. The highest BCUT2D eigenvalue weighted by atomic mass is 16.1. The fourth-order valence-electron chi connectivity index (χ4n) is 1.33. The molecule has 0 aliphatic heterocycles. The summed E-state index contributed by atoms with van der Waals surface area (Å²) in [6.45, 7) is 2.88. The summed E-state index contributed by atoms with van der Waals surface area (Å²) < 4.78 is 0. The van der Waals surface area contributed by atoms with Crippen molar-refractivity contribution in [3.63, 3.8) is 0 Å². The molecule has 2 aromatic heterocycles. The largest absolute Gasteiger partial charge is 0.369 e. The second-order valence-corrected chi connectivity index (χ2v) is 3.76. The standard InChI is InChI=1S/C12H14N6O/c1-2-3-14-10-8-16-9(6-17-10)12(19)18-11-7-13-4-5-15-11/h4-8H,2-3H2,1H3,(H,14,17)(H,15,18,19). The first-order valence-corrected chi connectivity index (χ1v) is 5.93. The van der Waals surface area contributed by atoms with E-state index in [1.165, 1.54) is 31.0 Å². The Hall–Kier alpha value is -2.57. The lowest BCUT2D eigenvalue weighted by molar-refractivity contribution is 0.102. The summed E-state index contributed by atoms with van der Waals surface area (Å²) in [7, 11) is 0. The molecule has 0 unspecified atom stereocenters. The van der Waals surface area contributed by atoms with Gasteiger partial charge >= 0.3 is 0 Å². The fraction of sp³-hybridized carbons (Fsp3) is 0.250. The zero-order valence-electron chi connectivity index (χ0n) is 10.5. The van der Waals surface area contributed by atoms with Crippen molar-refractivity contribution in [3.8, 4) is 0 Å². The van der Waals surface area contributed by atoms with Gasteiger partial charge in [0.1, 0.15) is 11.5 Å². The van der Waals surface area contributed by atoms with Gasteiger partial charge in [0.05, 0.1) is 18.6 Å². The van der Waals surface area contributed by atoms with E-state index in [0.717, 1.165) is 13.0 Å². The molecule has 98 valence electrons.